The van der Waals surface area contributed by atoms with E-state index in [4.69, 9.17) is 9.52 Å². The summed E-state index contributed by atoms with van der Waals surface area (Å²) in [4.78, 5) is 11.6. The molecule has 0 spiro atoms. The van der Waals surface area contributed by atoms with E-state index in [2.05, 4.69) is 21.2 Å². The zero-order chi connectivity index (χ0) is 11.4. The summed E-state index contributed by atoms with van der Waals surface area (Å²) in [6, 6.07) is 3.16. The van der Waals surface area contributed by atoms with Gasteiger partial charge >= 0.3 is 0 Å². The van der Waals surface area contributed by atoms with E-state index >= 15 is 0 Å². The molecule has 0 saturated carbocycles. The molecule has 15 heavy (non-hydrogen) atoms. The monoisotopic (exact) mass is 275 g/mol. The highest BCUT2D eigenvalue weighted by molar-refractivity contribution is 9.10. The molecule has 0 aliphatic rings. The van der Waals surface area contributed by atoms with Crippen molar-refractivity contribution in [1.82, 2.24) is 5.32 Å². The summed E-state index contributed by atoms with van der Waals surface area (Å²) in [6.07, 6.45) is 0. The van der Waals surface area contributed by atoms with Gasteiger partial charge in [0.25, 0.3) is 5.91 Å². The Morgan fingerprint density at radius 2 is 2.27 bits per heavy atom. The summed E-state index contributed by atoms with van der Waals surface area (Å²) in [5, 5.41) is 11.7. The second-order valence-electron chi connectivity index (χ2n) is 3.53. The van der Waals surface area contributed by atoms with Gasteiger partial charge in [-0.25, -0.2) is 0 Å². The molecule has 0 radical (unpaired) electrons. The number of hydrogen-bond acceptors (Lipinski definition) is 3. The highest BCUT2D eigenvalue weighted by Gasteiger charge is 2.17. The second kappa shape index (κ2) is 5.32. The van der Waals surface area contributed by atoms with Crippen molar-refractivity contribution in [2.75, 3.05) is 6.61 Å². The van der Waals surface area contributed by atoms with Gasteiger partial charge in [-0.1, -0.05) is 6.92 Å². The number of carbonyl (C=O) groups is 1. The van der Waals surface area contributed by atoms with Crippen LogP contribution in [0.3, 0.4) is 0 Å². The molecule has 1 amide bonds. The Balaban J connectivity index is 2.56. The first kappa shape index (κ1) is 12.3. The quantitative estimate of drug-likeness (QED) is 0.881. The van der Waals surface area contributed by atoms with Crippen LogP contribution in [0.2, 0.25) is 0 Å². The summed E-state index contributed by atoms with van der Waals surface area (Å²) < 4.78 is 5.63. The Bertz CT molecular complexity index is 337. The molecule has 1 aromatic rings. The molecule has 0 saturated heterocycles. The Kier molecular flexibility index (Phi) is 4.35. The molecule has 0 fully saturated rings. The van der Waals surface area contributed by atoms with Crippen molar-refractivity contribution in [3.8, 4) is 0 Å². The van der Waals surface area contributed by atoms with Gasteiger partial charge in [-0.2, -0.15) is 0 Å². The number of carbonyl (C=O) groups excluding carboxylic acids is 1. The molecule has 2 unspecified atom stereocenters. The van der Waals surface area contributed by atoms with Gasteiger partial charge in [-0.15, -0.1) is 0 Å². The lowest BCUT2D eigenvalue weighted by molar-refractivity contribution is 0.0887. The third kappa shape index (κ3) is 3.35. The fourth-order valence-corrected chi connectivity index (χ4v) is 1.32. The molecular formula is C10H14BrNO3. The number of hydrogen-bond donors (Lipinski definition) is 2. The van der Waals surface area contributed by atoms with Crippen LogP contribution in [0.1, 0.15) is 24.4 Å². The Morgan fingerprint density at radius 3 is 2.73 bits per heavy atom. The summed E-state index contributed by atoms with van der Waals surface area (Å²) >= 11 is 3.12. The normalized spacial score (nSPS) is 14.7. The van der Waals surface area contributed by atoms with Gasteiger partial charge in [-0.3, -0.25) is 4.79 Å². The van der Waals surface area contributed by atoms with Gasteiger partial charge in [0.15, 0.2) is 10.4 Å². The molecule has 2 atom stereocenters. The summed E-state index contributed by atoms with van der Waals surface area (Å²) in [7, 11) is 0. The van der Waals surface area contributed by atoms with Crippen LogP contribution in [0.4, 0.5) is 0 Å². The third-order valence-electron chi connectivity index (χ3n) is 2.30. The van der Waals surface area contributed by atoms with Crippen LogP contribution in [0, 0.1) is 5.92 Å². The zero-order valence-corrected chi connectivity index (χ0v) is 10.2. The molecule has 1 rings (SSSR count). The average molecular weight is 276 g/mol. The largest absolute Gasteiger partial charge is 0.444 e. The molecule has 1 heterocycles. The van der Waals surface area contributed by atoms with Gasteiger partial charge < -0.3 is 14.8 Å². The molecule has 1 aromatic heterocycles. The fraction of sp³-hybridized carbons (Fsp3) is 0.500. The number of nitrogens with one attached hydrogen (secondary N) is 1. The minimum absolute atomic E-state index is 0.0207. The predicted molar refractivity (Wildman–Crippen MR) is 59.6 cm³/mol. The first-order valence-electron chi connectivity index (χ1n) is 4.71. The minimum Gasteiger partial charge on any atom is -0.444 e. The predicted octanol–water partition coefficient (Wildman–Crippen LogP) is 1.79. The molecule has 0 aliphatic carbocycles. The smallest absolute Gasteiger partial charge is 0.287 e. The maximum absolute atomic E-state index is 11.6. The van der Waals surface area contributed by atoms with Crippen LogP contribution >= 0.6 is 15.9 Å². The Labute approximate surface area is 96.8 Å². The van der Waals surface area contributed by atoms with Gasteiger partial charge in [-0.05, 0) is 40.9 Å². The van der Waals surface area contributed by atoms with Gasteiger partial charge in [0.2, 0.25) is 0 Å². The van der Waals surface area contributed by atoms with E-state index in [1.165, 1.54) is 0 Å². The minimum atomic E-state index is -0.270. The van der Waals surface area contributed by atoms with Gasteiger partial charge in [0.1, 0.15) is 0 Å². The van der Waals surface area contributed by atoms with Gasteiger partial charge in [0.05, 0.1) is 0 Å². The van der Waals surface area contributed by atoms with Crippen molar-refractivity contribution < 1.29 is 14.3 Å². The van der Waals surface area contributed by atoms with Crippen LogP contribution < -0.4 is 5.32 Å². The number of aliphatic hydroxyl groups excluding tert-OH is 1. The van der Waals surface area contributed by atoms with Gasteiger partial charge in [0, 0.05) is 12.6 Å². The van der Waals surface area contributed by atoms with Crippen molar-refractivity contribution in [1.29, 1.82) is 0 Å². The van der Waals surface area contributed by atoms with E-state index in [0.29, 0.717) is 4.67 Å². The number of furan rings is 1. The molecule has 0 aliphatic heterocycles. The van der Waals surface area contributed by atoms with Crippen LogP contribution in [-0.4, -0.2) is 23.7 Å². The van der Waals surface area contributed by atoms with Crippen molar-refractivity contribution in [3.05, 3.63) is 22.6 Å². The maximum Gasteiger partial charge on any atom is 0.287 e. The van der Waals surface area contributed by atoms with Crippen LogP contribution in [-0.2, 0) is 0 Å². The number of halogens is 1. The van der Waals surface area contributed by atoms with E-state index in [1.807, 2.05) is 13.8 Å². The molecule has 4 nitrogen and oxygen atoms in total. The van der Waals surface area contributed by atoms with Crippen molar-refractivity contribution in [3.63, 3.8) is 0 Å². The number of rotatable bonds is 4. The third-order valence-corrected chi connectivity index (χ3v) is 2.72. The molecule has 2 N–H and O–H groups in total. The fourth-order valence-electron chi connectivity index (χ4n) is 1.01. The Morgan fingerprint density at radius 1 is 1.60 bits per heavy atom. The summed E-state index contributed by atoms with van der Waals surface area (Å²) in [6.45, 7) is 3.75. The maximum atomic E-state index is 11.6. The first-order valence-corrected chi connectivity index (χ1v) is 5.51. The molecule has 84 valence electrons. The average Bonchev–Trinajstić information content (AvgIpc) is 2.63. The number of aliphatic hydroxyl groups is 1. The molecule has 0 bridgehead atoms. The summed E-state index contributed by atoms with van der Waals surface area (Å²) in [5.41, 5.74) is 0. The molecule has 0 aromatic carbocycles. The van der Waals surface area contributed by atoms with Crippen molar-refractivity contribution in [2.45, 2.75) is 19.9 Å². The van der Waals surface area contributed by atoms with E-state index in [-0.39, 0.29) is 30.2 Å². The lowest BCUT2D eigenvalue weighted by Gasteiger charge is -2.18. The van der Waals surface area contributed by atoms with Crippen LogP contribution in [0.5, 0.6) is 0 Å². The van der Waals surface area contributed by atoms with E-state index in [9.17, 15) is 4.79 Å². The molecule has 5 heteroatoms. The highest BCUT2D eigenvalue weighted by Crippen LogP contribution is 2.14. The lowest BCUT2D eigenvalue weighted by atomic mass is 10.1. The van der Waals surface area contributed by atoms with E-state index in [0.717, 1.165) is 0 Å². The number of amides is 1. The zero-order valence-electron chi connectivity index (χ0n) is 8.66. The SMILES string of the molecule is CC(CO)C(C)NC(=O)c1ccc(Br)o1. The standard InChI is InChI=1S/C10H14BrNO3/c1-6(5-13)7(2)12-10(14)8-3-4-9(11)15-8/h3-4,6-7,13H,5H2,1-2H3,(H,12,14). The van der Waals surface area contributed by atoms with Crippen molar-refractivity contribution >= 4 is 21.8 Å². The second-order valence-corrected chi connectivity index (χ2v) is 4.31. The Hall–Kier alpha value is -0.810. The van der Waals surface area contributed by atoms with Crippen LogP contribution in [0.15, 0.2) is 21.2 Å². The lowest BCUT2D eigenvalue weighted by Crippen LogP contribution is -2.38. The summed E-state index contributed by atoms with van der Waals surface area (Å²) in [5.74, 6) is 0.0136. The van der Waals surface area contributed by atoms with Crippen molar-refractivity contribution in [2.24, 2.45) is 5.92 Å². The topological polar surface area (TPSA) is 62.5 Å². The first-order chi connectivity index (χ1) is 7.04. The van der Waals surface area contributed by atoms with E-state index in [1.54, 1.807) is 12.1 Å². The van der Waals surface area contributed by atoms with E-state index < -0.39 is 0 Å². The van der Waals surface area contributed by atoms with Crippen LogP contribution in [0.25, 0.3) is 0 Å². The highest BCUT2D eigenvalue weighted by atomic mass is 79.9. The molecular weight excluding hydrogens is 262 g/mol.